The van der Waals surface area contributed by atoms with Crippen LogP contribution in [0, 0.1) is 13.8 Å². The molecule has 0 saturated carbocycles. The number of phenolic OH excluding ortho intramolecular Hbond substituents is 1. The lowest BCUT2D eigenvalue weighted by molar-refractivity contribution is 0.102. The van der Waals surface area contributed by atoms with Crippen molar-refractivity contribution in [2.75, 3.05) is 5.32 Å². The van der Waals surface area contributed by atoms with Crippen LogP contribution in [-0.2, 0) is 0 Å². The van der Waals surface area contributed by atoms with Gasteiger partial charge in [-0.3, -0.25) is 4.79 Å². The van der Waals surface area contributed by atoms with E-state index >= 15 is 0 Å². The van der Waals surface area contributed by atoms with Gasteiger partial charge in [0.15, 0.2) is 0 Å². The maximum absolute atomic E-state index is 11.9. The summed E-state index contributed by atoms with van der Waals surface area (Å²) in [6.07, 6.45) is 1.48. The molecule has 0 aliphatic rings. The fourth-order valence-corrected chi connectivity index (χ4v) is 1.55. The van der Waals surface area contributed by atoms with Crippen molar-refractivity contribution >= 4 is 11.6 Å². The highest BCUT2D eigenvalue weighted by atomic mass is 16.3. The van der Waals surface area contributed by atoms with Crippen LogP contribution < -0.4 is 5.32 Å². The zero-order valence-corrected chi connectivity index (χ0v) is 9.65. The Morgan fingerprint density at radius 2 is 2.06 bits per heavy atom. The lowest BCUT2D eigenvalue weighted by Gasteiger charge is -2.06. The molecule has 2 aromatic rings. The summed E-state index contributed by atoms with van der Waals surface area (Å²) in [4.78, 5) is 11.9. The summed E-state index contributed by atoms with van der Waals surface area (Å²) in [7, 11) is 0. The summed E-state index contributed by atoms with van der Waals surface area (Å²) < 4.78 is 5.07. The predicted octanol–water partition coefficient (Wildman–Crippen LogP) is 2.85. The zero-order chi connectivity index (χ0) is 12.4. The zero-order valence-electron chi connectivity index (χ0n) is 9.65. The number of hydrogen-bond donors (Lipinski definition) is 2. The van der Waals surface area contributed by atoms with Gasteiger partial charge in [0.25, 0.3) is 5.91 Å². The van der Waals surface area contributed by atoms with Gasteiger partial charge in [-0.2, -0.15) is 0 Å². The summed E-state index contributed by atoms with van der Waals surface area (Å²) in [6, 6.07) is 6.53. The van der Waals surface area contributed by atoms with Gasteiger partial charge in [0.05, 0.1) is 11.8 Å². The summed E-state index contributed by atoms with van der Waals surface area (Å²) in [5.74, 6) is 0.571. The molecule has 0 saturated heterocycles. The first-order chi connectivity index (χ1) is 8.08. The molecule has 1 heterocycles. The summed E-state index contributed by atoms with van der Waals surface area (Å²) in [5.41, 5.74) is 1.87. The van der Waals surface area contributed by atoms with Crippen LogP contribution in [0.1, 0.15) is 21.7 Å². The third kappa shape index (κ3) is 2.30. The van der Waals surface area contributed by atoms with Gasteiger partial charge in [-0.25, -0.2) is 0 Å². The number of aromatic hydroxyl groups is 1. The summed E-state index contributed by atoms with van der Waals surface area (Å²) in [5, 5.41) is 12.1. The molecule has 0 spiro atoms. The number of phenols is 1. The molecule has 0 aliphatic carbocycles. The lowest BCUT2D eigenvalue weighted by Crippen LogP contribution is -2.12. The van der Waals surface area contributed by atoms with Crippen molar-refractivity contribution in [2.45, 2.75) is 13.8 Å². The van der Waals surface area contributed by atoms with Gasteiger partial charge >= 0.3 is 0 Å². The van der Waals surface area contributed by atoms with E-state index in [0.29, 0.717) is 22.6 Å². The van der Waals surface area contributed by atoms with Crippen LogP contribution in [0.25, 0.3) is 0 Å². The van der Waals surface area contributed by atoms with E-state index in [-0.39, 0.29) is 11.7 Å². The standard InChI is InChI=1S/C13H13NO3/c1-8-7-10(3-4-12(8)15)14-13(16)11-5-6-17-9(11)2/h3-7,15H,1-2H3,(H,14,16). The first-order valence-corrected chi connectivity index (χ1v) is 5.23. The van der Waals surface area contributed by atoms with Crippen LogP contribution in [0.3, 0.4) is 0 Å². The van der Waals surface area contributed by atoms with E-state index in [1.165, 1.54) is 6.26 Å². The highest BCUT2D eigenvalue weighted by Gasteiger charge is 2.11. The molecule has 0 bridgehead atoms. The molecule has 0 aliphatic heterocycles. The van der Waals surface area contributed by atoms with E-state index < -0.39 is 0 Å². The number of aryl methyl sites for hydroxylation is 2. The highest BCUT2D eigenvalue weighted by molar-refractivity contribution is 6.04. The topological polar surface area (TPSA) is 62.5 Å². The molecule has 2 rings (SSSR count). The fraction of sp³-hybridized carbons (Fsp3) is 0.154. The van der Waals surface area contributed by atoms with Crippen molar-refractivity contribution in [3.05, 3.63) is 47.4 Å². The molecule has 4 heteroatoms. The number of hydrogen-bond acceptors (Lipinski definition) is 3. The van der Waals surface area contributed by atoms with Gasteiger partial charge in [-0.1, -0.05) is 0 Å². The van der Waals surface area contributed by atoms with Crippen LogP contribution >= 0.6 is 0 Å². The van der Waals surface area contributed by atoms with E-state index in [4.69, 9.17) is 4.42 Å². The molecule has 1 amide bonds. The van der Waals surface area contributed by atoms with Crippen molar-refractivity contribution in [3.63, 3.8) is 0 Å². The number of nitrogens with one attached hydrogen (secondary N) is 1. The molecule has 0 unspecified atom stereocenters. The number of anilines is 1. The van der Waals surface area contributed by atoms with Crippen molar-refractivity contribution in [3.8, 4) is 5.75 Å². The second kappa shape index (κ2) is 4.33. The largest absolute Gasteiger partial charge is 0.508 e. The van der Waals surface area contributed by atoms with E-state index in [0.717, 1.165) is 0 Å². The monoisotopic (exact) mass is 231 g/mol. The maximum Gasteiger partial charge on any atom is 0.259 e. The Morgan fingerprint density at radius 3 is 2.65 bits per heavy atom. The first-order valence-electron chi connectivity index (χ1n) is 5.23. The van der Waals surface area contributed by atoms with Crippen molar-refractivity contribution < 1.29 is 14.3 Å². The number of furan rings is 1. The van der Waals surface area contributed by atoms with Gasteiger partial charge in [0, 0.05) is 5.69 Å². The quantitative estimate of drug-likeness (QED) is 0.781. The smallest absolute Gasteiger partial charge is 0.259 e. The number of carbonyl (C=O) groups is 1. The molecule has 1 aromatic carbocycles. The van der Waals surface area contributed by atoms with Crippen LogP contribution in [0.5, 0.6) is 5.75 Å². The van der Waals surface area contributed by atoms with E-state index in [1.54, 1.807) is 38.1 Å². The average molecular weight is 231 g/mol. The van der Waals surface area contributed by atoms with Crippen LogP contribution in [0.15, 0.2) is 34.9 Å². The van der Waals surface area contributed by atoms with Gasteiger partial charge in [-0.05, 0) is 43.7 Å². The third-order valence-corrected chi connectivity index (χ3v) is 2.56. The third-order valence-electron chi connectivity index (χ3n) is 2.56. The second-order valence-corrected chi connectivity index (χ2v) is 3.85. The molecule has 4 nitrogen and oxygen atoms in total. The normalized spacial score (nSPS) is 10.2. The van der Waals surface area contributed by atoms with Crippen molar-refractivity contribution in [1.82, 2.24) is 0 Å². The van der Waals surface area contributed by atoms with Crippen molar-refractivity contribution in [1.29, 1.82) is 0 Å². The van der Waals surface area contributed by atoms with E-state index in [9.17, 15) is 9.90 Å². The maximum atomic E-state index is 11.9. The molecule has 17 heavy (non-hydrogen) atoms. The number of rotatable bonds is 2. The number of carbonyl (C=O) groups excluding carboxylic acids is 1. The van der Waals surface area contributed by atoms with Crippen LogP contribution in [0.2, 0.25) is 0 Å². The molecular formula is C13H13NO3. The molecule has 88 valence electrons. The molecule has 1 aromatic heterocycles. The second-order valence-electron chi connectivity index (χ2n) is 3.85. The minimum absolute atomic E-state index is 0.211. The van der Waals surface area contributed by atoms with Gasteiger partial charge in [0.1, 0.15) is 11.5 Å². The fourth-order valence-electron chi connectivity index (χ4n) is 1.55. The Labute approximate surface area is 98.9 Å². The predicted molar refractivity (Wildman–Crippen MR) is 64.2 cm³/mol. The molecule has 2 N–H and O–H groups in total. The lowest BCUT2D eigenvalue weighted by atomic mass is 10.2. The summed E-state index contributed by atoms with van der Waals surface area (Å²) in [6.45, 7) is 3.51. The van der Waals surface area contributed by atoms with Gasteiger partial charge < -0.3 is 14.8 Å². The Morgan fingerprint density at radius 1 is 1.29 bits per heavy atom. The molecule has 0 fully saturated rings. The van der Waals surface area contributed by atoms with Crippen LogP contribution in [-0.4, -0.2) is 11.0 Å². The van der Waals surface area contributed by atoms with Crippen molar-refractivity contribution in [2.24, 2.45) is 0 Å². The number of amides is 1. The molecule has 0 atom stereocenters. The first kappa shape index (κ1) is 11.3. The molecular weight excluding hydrogens is 218 g/mol. The van der Waals surface area contributed by atoms with Gasteiger partial charge in [0.2, 0.25) is 0 Å². The average Bonchev–Trinajstić information content (AvgIpc) is 2.70. The Balaban J connectivity index is 2.19. The van der Waals surface area contributed by atoms with Crippen LogP contribution in [0.4, 0.5) is 5.69 Å². The Bertz CT molecular complexity index is 558. The Hall–Kier alpha value is -2.23. The van der Waals surface area contributed by atoms with Gasteiger partial charge in [-0.15, -0.1) is 0 Å². The van der Waals surface area contributed by atoms with E-state index in [1.807, 2.05) is 0 Å². The minimum Gasteiger partial charge on any atom is -0.508 e. The SMILES string of the molecule is Cc1cc(NC(=O)c2ccoc2C)ccc1O. The molecule has 0 radical (unpaired) electrons. The highest BCUT2D eigenvalue weighted by Crippen LogP contribution is 2.21. The Kier molecular flexibility index (Phi) is 2.87. The summed E-state index contributed by atoms with van der Waals surface area (Å²) >= 11 is 0. The number of benzene rings is 1. The minimum atomic E-state index is -0.221. The van der Waals surface area contributed by atoms with E-state index in [2.05, 4.69) is 5.32 Å².